The zero-order chi connectivity index (χ0) is 21.1. The number of amides is 2. The summed E-state index contributed by atoms with van der Waals surface area (Å²) in [5.41, 5.74) is 3.99. The van der Waals surface area contributed by atoms with Crippen LogP contribution in [0, 0.1) is 5.92 Å². The van der Waals surface area contributed by atoms with Crippen LogP contribution in [0.15, 0.2) is 48.5 Å². The summed E-state index contributed by atoms with van der Waals surface area (Å²) in [6.07, 6.45) is 0. The second kappa shape index (κ2) is 8.78. The number of para-hydroxylation sites is 2. The Morgan fingerprint density at radius 2 is 1.59 bits per heavy atom. The Hall–Kier alpha value is -2.66. The van der Waals surface area contributed by atoms with Gasteiger partial charge in [0.1, 0.15) is 12.6 Å². The number of quaternary nitrogens is 1. The van der Waals surface area contributed by atoms with E-state index in [-0.39, 0.29) is 30.4 Å². The predicted molar refractivity (Wildman–Crippen MR) is 117 cm³/mol. The SMILES string of the molecule is CC(C)c1ccc([C@@H]([NH2+][C@@H](C)C(=O)N2CC(=O)Nc3ccccc32)C(C)C)cc1. The third kappa shape index (κ3) is 4.67. The van der Waals surface area contributed by atoms with Gasteiger partial charge in [-0.2, -0.15) is 0 Å². The molecule has 0 fully saturated rings. The van der Waals surface area contributed by atoms with Crippen LogP contribution >= 0.6 is 0 Å². The molecular formula is C24H32N3O2+. The van der Waals surface area contributed by atoms with Gasteiger partial charge in [0.05, 0.1) is 11.4 Å². The average Bonchev–Trinajstić information content (AvgIpc) is 2.70. The van der Waals surface area contributed by atoms with Gasteiger partial charge >= 0.3 is 0 Å². The number of benzene rings is 2. The Labute approximate surface area is 173 Å². The Kier molecular flexibility index (Phi) is 6.38. The first-order valence-electron chi connectivity index (χ1n) is 10.4. The number of nitrogens with one attached hydrogen (secondary N) is 1. The summed E-state index contributed by atoms with van der Waals surface area (Å²) in [6, 6.07) is 16.0. The van der Waals surface area contributed by atoms with Crippen LogP contribution in [-0.4, -0.2) is 24.4 Å². The van der Waals surface area contributed by atoms with Crippen molar-refractivity contribution < 1.29 is 14.9 Å². The number of carbonyl (C=O) groups excluding carboxylic acids is 2. The van der Waals surface area contributed by atoms with E-state index in [9.17, 15) is 9.59 Å². The van der Waals surface area contributed by atoms with Gasteiger partial charge in [-0.3, -0.25) is 14.5 Å². The lowest BCUT2D eigenvalue weighted by Crippen LogP contribution is -2.93. The van der Waals surface area contributed by atoms with Gasteiger partial charge in [0.25, 0.3) is 5.91 Å². The second-order valence-corrected chi connectivity index (χ2v) is 8.56. The normalized spacial score (nSPS) is 15.8. The maximum atomic E-state index is 13.3. The molecule has 0 unspecified atom stereocenters. The van der Waals surface area contributed by atoms with E-state index in [2.05, 4.69) is 62.6 Å². The van der Waals surface area contributed by atoms with Crippen molar-refractivity contribution in [1.82, 2.24) is 0 Å². The smallest absolute Gasteiger partial charge is 0.285 e. The lowest BCUT2D eigenvalue weighted by Gasteiger charge is -2.31. The summed E-state index contributed by atoms with van der Waals surface area (Å²) < 4.78 is 0. The van der Waals surface area contributed by atoms with E-state index < -0.39 is 0 Å². The van der Waals surface area contributed by atoms with Crippen molar-refractivity contribution in [3.05, 3.63) is 59.7 Å². The van der Waals surface area contributed by atoms with Crippen LogP contribution in [0.25, 0.3) is 0 Å². The minimum Gasteiger partial charge on any atom is -0.330 e. The molecule has 5 nitrogen and oxygen atoms in total. The van der Waals surface area contributed by atoms with Crippen molar-refractivity contribution in [2.24, 2.45) is 5.92 Å². The van der Waals surface area contributed by atoms with E-state index in [0.717, 1.165) is 5.69 Å². The summed E-state index contributed by atoms with van der Waals surface area (Å²) in [6.45, 7) is 10.7. The first-order valence-corrected chi connectivity index (χ1v) is 10.4. The molecule has 1 aliphatic heterocycles. The fraction of sp³-hybridized carbons (Fsp3) is 0.417. The fourth-order valence-corrected chi connectivity index (χ4v) is 3.89. The molecule has 0 aliphatic carbocycles. The number of rotatable bonds is 6. The van der Waals surface area contributed by atoms with E-state index in [1.54, 1.807) is 4.90 Å². The topological polar surface area (TPSA) is 66.0 Å². The molecule has 2 amide bonds. The molecule has 3 rings (SSSR count). The van der Waals surface area contributed by atoms with Crippen molar-refractivity contribution in [3.8, 4) is 0 Å². The second-order valence-electron chi connectivity index (χ2n) is 8.56. The van der Waals surface area contributed by atoms with Gasteiger partial charge in [-0.05, 0) is 30.5 Å². The number of fused-ring (bicyclic) bond motifs is 1. The third-order valence-corrected chi connectivity index (χ3v) is 5.63. The summed E-state index contributed by atoms with van der Waals surface area (Å²) in [5, 5.41) is 4.97. The van der Waals surface area contributed by atoms with Crippen molar-refractivity contribution in [2.75, 3.05) is 16.8 Å². The van der Waals surface area contributed by atoms with Gasteiger partial charge < -0.3 is 10.6 Å². The first-order chi connectivity index (χ1) is 13.8. The molecule has 1 heterocycles. The Balaban J connectivity index is 1.79. The number of hydrogen-bond acceptors (Lipinski definition) is 2. The summed E-state index contributed by atoms with van der Waals surface area (Å²) >= 11 is 0. The summed E-state index contributed by atoms with van der Waals surface area (Å²) in [7, 11) is 0. The molecule has 2 atom stereocenters. The molecule has 1 aliphatic rings. The maximum absolute atomic E-state index is 13.3. The van der Waals surface area contributed by atoms with Gasteiger partial charge in [0, 0.05) is 11.5 Å². The number of anilines is 2. The van der Waals surface area contributed by atoms with Crippen molar-refractivity contribution in [2.45, 2.75) is 52.6 Å². The van der Waals surface area contributed by atoms with Crippen molar-refractivity contribution >= 4 is 23.2 Å². The highest BCUT2D eigenvalue weighted by molar-refractivity contribution is 6.10. The number of hydrogen-bond donors (Lipinski definition) is 2. The summed E-state index contributed by atoms with van der Waals surface area (Å²) in [5.74, 6) is 0.661. The van der Waals surface area contributed by atoms with Crippen LogP contribution in [0.2, 0.25) is 0 Å². The van der Waals surface area contributed by atoms with E-state index >= 15 is 0 Å². The Morgan fingerprint density at radius 3 is 2.21 bits per heavy atom. The van der Waals surface area contributed by atoms with Gasteiger partial charge in [-0.15, -0.1) is 0 Å². The molecule has 0 aromatic heterocycles. The van der Waals surface area contributed by atoms with Gasteiger partial charge in [0.15, 0.2) is 6.04 Å². The van der Waals surface area contributed by atoms with Crippen LogP contribution in [0.1, 0.15) is 57.7 Å². The average molecular weight is 395 g/mol. The van der Waals surface area contributed by atoms with E-state index in [1.165, 1.54) is 11.1 Å². The lowest BCUT2D eigenvalue weighted by molar-refractivity contribution is -0.719. The highest BCUT2D eigenvalue weighted by Crippen LogP contribution is 2.29. The van der Waals surface area contributed by atoms with Crippen LogP contribution in [-0.2, 0) is 9.59 Å². The summed E-state index contributed by atoms with van der Waals surface area (Å²) in [4.78, 5) is 26.9. The first kappa shape index (κ1) is 21.1. The van der Waals surface area contributed by atoms with E-state index in [1.807, 2.05) is 31.2 Å². The van der Waals surface area contributed by atoms with Gasteiger partial charge in [-0.1, -0.05) is 64.1 Å². The number of nitrogens with zero attached hydrogens (tertiary/aromatic N) is 1. The van der Waals surface area contributed by atoms with Gasteiger partial charge in [-0.25, -0.2) is 0 Å². The van der Waals surface area contributed by atoms with Crippen LogP contribution in [0.4, 0.5) is 11.4 Å². The van der Waals surface area contributed by atoms with Crippen LogP contribution < -0.4 is 15.5 Å². The molecule has 0 bridgehead atoms. The molecule has 0 spiro atoms. The highest BCUT2D eigenvalue weighted by atomic mass is 16.2. The molecular weight excluding hydrogens is 362 g/mol. The molecule has 5 heteroatoms. The molecule has 3 N–H and O–H groups in total. The zero-order valence-electron chi connectivity index (χ0n) is 18.0. The standard InChI is InChI=1S/C24H31N3O2/c1-15(2)18-10-12-19(13-11-18)23(16(3)4)25-17(5)24(29)27-14-22(28)26-20-8-6-7-9-21(20)27/h6-13,15-17,23,25H,14H2,1-5H3,(H,26,28)/p+1/t17-,23-/m0/s1. The fourth-order valence-electron chi connectivity index (χ4n) is 3.89. The van der Waals surface area contributed by atoms with Crippen molar-refractivity contribution in [1.29, 1.82) is 0 Å². The van der Waals surface area contributed by atoms with E-state index in [0.29, 0.717) is 17.5 Å². The largest absolute Gasteiger partial charge is 0.330 e. The molecule has 29 heavy (non-hydrogen) atoms. The molecule has 0 saturated heterocycles. The Bertz CT molecular complexity index is 874. The monoisotopic (exact) mass is 394 g/mol. The van der Waals surface area contributed by atoms with Crippen LogP contribution in [0.5, 0.6) is 0 Å². The molecule has 0 saturated carbocycles. The minimum absolute atomic E-state index is 0.0447. The van der Waals surface area contributed by atoms with Crippen molar-refractivity contribution in [3.63, 3.8) is 0 Å². The minimum atomic E-state index is -0.300. The number of carbonyl (C=O) groups is 2. The third-order valence-electron chi connectivity index (χ3n) is 5.63. The molecule has 0 radical (unpaired) electrons. The van der Waals surface area contributed by atoms with E-state index in [4.69, 9.17) is 0 Å². The highest BCUT2D eigenvalue weighted by Gasteiger charge is 2.33. The Morgan fingerprint density at radius 1 is 0.966 bits per heavy atom. The quantitative estimate of drug-likeness (QED) is 0.788. The lowest BCUT2D eigenvalue weighted by atomic mass is 9.92. The zero-order valence-corrected chi connectivity index (χ0v) is 18.0. The predicted octanol–water partition coefficient (Wildman–Crippen LogP) is 3.44. The maximum Gasteiger partial charge on any atom is 0.285 e. The molecule has 2 aromatic carbocycles. The van der Waals surface area contributed by atoms with Crippen LogP contribution in [0.3, 0.4) is 0 Å². The van der Waals surface area contributed by atoms with Gasteiger partial charge in [0.2, 0.25) is 5.91 Å². The molecule has 154 valence electrons. The number of nitrogens with two attached hydrogens (primary N) is 1. The molecule has 2 aromatic rings.